The molecule has 0 radical (unpaired) electrons. The molecule has 0 aromatic carbocycles. The Morgan fingerprint density at radius 2 is 2.45 bits per heavy atom. The summed E-state index contributed by atoms with van der Waals surface area (Å²) in [5.41, 5.74) is 4.77. The highest BCUT2D eigenvalue weighted by Crippen LogP contribution is 1.88. The van der Waals surface area contributed by atoms with Gasteiger partial charge >= 0.3 is 0 Å². The lowest BCUT2D eigenvalue weighted by molar-refractivity contribution is 0.0991. The molecular weight excluding hydrogens is 172 g/mol. The van der Waals surface area contributed by atoms with Crippen molar-refractivity contribution >= 4 is 17.2 Å². The smallest absolute Gasteiger partial charge is 0.288 e. The van der Waals surface area contributed by atoms with Gasteiger partial charge in [-0.05, 0) is 0 Å². The molecule has 11 heavy (non-hydrogen) atoms. The highest BCUT2D eigenvalue weighted by atomic mass is 32.2. The molecule has 0 fully saturated rings. The molecule has 0 saturated heterocycles. The van der Waals surface area contributed by atoms with Gasteiger partial charge in [-0.2, -0.15) is 0 Å². The van der Waals surface area contributed by atoms with Gasteiger partial charge in [0.2, 0.25) is 5.82 Å². The van der Waals surface area contributed by atoms with Crippen molar-refractivity contribution in [3.8, 4) is 0 Å². The van der Waals surface area contributed by atoms with Crippen molar-refractivity contribution in [3.05, 3.63) is 12.2 Å². The lowest BCUT2D eigenvalue weighted by atomic mass is 10.6. The van der Waals surface area contributed by atoms with Crippen LogP contribution in [0.25, 0.3) is 0 Å². The summed E-state index contributed by atoms with van der Waals surface area (Å²) >= 11 is -2.29. The first kappa shape index (κ1) is 7.82. The first-order chi connectivity index (χ1) is 5.11. The van der Waals surface area contributed by atoms with Crippen LogP contribution in [0.15, 0.2) is 6.33 Å². The van der Waals surface area contributed by atoms with E-state index in [9.17, 15) is 9.00 Å². The molecule has 7 nitrogen and oxygen atoms in total. The molecule has 1 atom stereocenters. The fourth-order valence-corrected chi connectivity index (χ4v) is 0.712. The Bertz CT molecular complexity index is 279. The number of carbonyl (C=O) groups excluding carboxylic acids is 1. The summed E-state index contributed by atoms with van der Waals surface area (Å²) in [5.74, 6) is -1.12. The van der Waals surface area contributed by atoms with E-state index in [0.29, 0.717) is 4.09 Å². The zero-order chi connectivity index (χ0) is 8.43. The molecule has 0 aliphatic rings. The molecule has 1 heterocycles. The predicted octanol–water partition coefficient (Wildman–Crippen LogP) is -1.64. The number of carbonyl (C=O) groups is 1. The third-order valence-corrected chi connectivity index (χ3v) is 1.35. The van der Waals surface area contributed by atoms with E-state index in [1.165, 1.54) is 0 Å². The number of aromatic nitrogens is 3. The summed E-state index contributed by atoms with van der Waals surface area (Å²) in [6.07, 6.45) is 0.941. The van der Waals surface area contributed by atoms with Crippen LogP contribution in [0.4, 0.5) is 0 Å². The average Bonchev–Trinajstić information content (AvgIpc) is 2.33. The van der Waals surface area contributed by atoms with Crippen LogP contribution in [0.2, 0.25) is 0 Å². The van der Waals surface area contributed by atoms with Crippen LogP contribution in [-0.4, -0.2) is 28.8 Å². The second-order valence-corrected chi connectivity index (χ2v) is 2.40. The van der Waals surface area contributed by atoms with Crippen molar-refractivity contribution in [2.45, 2.75) is 0 Å². The monoisotopic (exact) mass is 176 g/mol. The zero-order valence-corrected chi connectivity index (χ0v) is 5.98. The highest BCUT2D eigenvalue weighted by molar-refractivity contribution is 7.77. The summed E-state index contributed by atoms with van der Waals surface area (Å²) < 4.78 is 19.3. The molecule has 3 N–H and O–H groups in total. The van der Waals surface area contributed by atoms with Crippen LogP contribution in [0, 0.1) is 0 Å². The lowest BCUT2D eigenvalue weighted by Gasteiger charge is -1.86. The Hall–Kier alpha value is -1.28. The zero-order valence-electron chi connectivity index (χ0n) is 5.17. The summed E-state index contributed by atoms with van der Waals surface area (Å²) in [6, 6.07) is 0. The van der Waals surface area contributed by atoms with Crippen molar-refractivity contribution in [1.29, 1.82) is 0 Å². The molecule has 0 spiro atoms. The van der Waals surface area contributed by atoms with E-state index >= 15 is 0 Å². The molecule has 0 saturated carbocycles. The molecular formula is C3H4N4O3S. The number of amides is 1. The molecule has 1 unspecified atom stereocenters. The summed E-state index contributed by atoms with van der Waals surface area (Å²) in [7, 11) is 0. The third kappa shape index (κ3) is 1.59. The minimum absolute atomic E-state index is 0.285. The number of nitrogens with zero attached hydrogens (tertiary/aromatic N) is 3. The molecule has 0 bridgehead atoms. The number of primary amides is 1. The molecule has 1 aromatic rings. The maximum Gasteiger partial charge on any atom is 0.288 e. The van der Waals surface area contributed by atoms with Crippen LogP contribution in [0.1, 0.15) is 10.6 Å². The van der Waals surface area contributed by atoms with Gasteiger partial charge in [0, 0.05) is 0 Å². The molecule has 0 aliphatic heterocycles. The van der Waals surface area contributed by atoms with Gasteiger partial charge in [0.1, 0.15) is 6.33 Å². The Labute approximate surface area is 63.6 Å². The summed E-state index contributed by atoms with van der Waals surface area (Å²) in [6.45, 7) is 0. The number of hydrogen-bond donors (Lipinski definition) is 2. The lowest BCUT2D eigenvalue weighted by Crippen LogP contribution is -2.14. The van der Waals surface area contributed by atoms with E-state index in [2.05, 4.69) is 10.1 Å². The third-order valence-electron chi connectivity index (χ3n) is 0.852. The minimum Gasteiger partial charge on any atom is -0.363 e. The van der Waals surface area contributed by atoms with E-state index in [1.807, 2.05) is 0 Å². The van der Waals surface area contributed by atoms with Gasteiger partial charge in [0.15, 0.2) is 0 Å². The highest BCUT2D eigenvalue weighted by Gasteiger charge is 2.08. The van der Waals surface area contributed by atoms with Gasteiger partial charge in [-0.25, -0.2) is 9.19 Å². The topological polar surface area (TPSA) is 111 Å². The second-order valence-electron chi connectivity index (χ2n) is 1.57. The molecule has 1 amide bonds. The van der Waals surface area contributed by atoms with E-state index in [1.54, 1.807) is 0 Å². The van der Waals surface area contributed by atoms with Crippen LogP contribution in [0.3, 0.4) is 0 Å². The average molecular weight is 176 g/mol. The van der Waals surface area contributed by atoms with Crippen LogP contribution in [0.5, 0.6) is 0 Å². The minimum atomic E-state index is -2.29. The van der Waals surface area contributed by atoms with Crippen molar-refractivity contribution in [2.24, 2.45) is 5.73 Å². The normalized spacial score (nSPS) is 12.8. The van der Waals surface area contributed by atoms with Crippen LogP contribution < -0.4 is 5.73 Å². The molecule has 1 rings (SSSR count). The van der Waals surface area contributed by atoms with Crippen molar-refractivity contribution in [1.82, 2.24) is 14.2 Å². The Morgan fingerprint density at radius 1 is 1.82 bits per heavy atom. The maximum atomic E-state index is 10.3. The first-order valence-corrected chi connectivity index (χ1v) is 3.50. The van der Waals surface area contributed by atoms with Gasteiger partial charge in [-0.1, -0.05) is 0 Å². The van der Waals surface area contributed by atoms with Crippen molar-refractivity contribution in [3.63, 3.8) is 0 Å². The van der Waals surface area contributed by atoms with Crippen molar-refractivity contribution in [2.75, 3.05) is 0 Å². The van der Waals surface area contributed by atoms with Crippen LogP contribution in [-0.2, 0) is 11.3 Å². The van der Waals surface area contributed by atoms with Gasteiger partial charge in [0.05, 0.1) is 0 Å². The Morgan fingerprint density at radius 3 is 2.73 bits per heavy atom. The van der Waals surface area contributed by atoms with E-state index in [-0.39, 0.29) is 5.82 Å². The maximum absolute atomic E-state index is 10.3. The van der Waals surface area contributed by atoms with Gasteiger partial charge in [0.25, 0.3) is 17.2 Å². The fraction of sp³-hybridized carbons (Fsp3) is 0. The van der Waals surface area contributed by atoms with E-state index in [4.69, 9.17) is 10.3 Å². The van der Waals surface area contributed by atoms with Gasteiger partial charge in [-0.15, -0.1) is 9.19 Å². The standard InChI is InChI=1S/C3H4N4O3S/c4-2(8)3-5-1-7(6-3)11(9)10/h1H,(H2,4,8)(H,9,10). The van der Waals surface area contributed by atoms with Gasteiger partial charge in [-0.3, -0.25) is 9.35 Å². The fourth-order valence-electron chi connectivity index (χ4n) is 0.437. The quantitative estimate of drug-likeness (QED) is 0.525. The summed E-state index contributed by atoms with van der Waals surface area (Å²) in [4.78, 5) is 13.7. The molecule has 60 valence electrons. The Balaban J connectivity index is 2.99. The molecule has 8 heteroatoms. The van der Waals surface area contributed by atoms with Crippen LogP contribution >= 0.6 is 0 Å². The molecule has 0 aliphatic carbocycles. The summed E-state index contributed by atoms with van der Waals surface area (Å²) in [5, 5.41) is 3.29. The predicted molar refractivity (Wildman–Crippen MR) is 34.7 cm³/mol. The SMILES string of the molecule is NC(=O)c1ncn(S(=O)O)n1. The largest absolute Gasteiger partial charge is 0.363 e. The first-order valence-electron chi connectivity index (χ1n) is 2.44. The van der Waals surface area contributed by atoms with Gasteiger partial charge < -0.3 is 5.73 Å². The number of nitrogens with two attached hydrogens (primary N) is 1. The van der Waals surface area contributed by atoms with E-state index in [0.717, 1.165) is 6.33 Å². The van der Waals surface area contributed by atoms with Crippen molar-refractivity contribution < 1.29 is 13.6 Å². The number of hydrogen-bond acceptors (Lipinski definition) is 4. The van der Waals surface area contributed by atoms with E-state index < -0.39 is 17.2 Å². The Kier molecular flexibility index (Phi) is 1.96. The number of rotatable bonds is 2. The molecule has 1 aromatic heterocycles. The second kappa shape index (κ2) is 2.76.